The van der Waals surface area contributed by atoms with E-state index < -0.39 is 21.3 Å². The van der Waals surface area contributed by atoms with E-state index in [0.29, 0.717) is 6.42 Å². The number of carbonyl (C=O) groups excluding carboxylic acids is 1. The molecule has 0 radical (unpaired) electrons. The number of nitrogens with one attached hydrogen (secondary N) is 1. The van der Waals surface area contributed by atoms with E-state index >= 15 is 0 Å². The maximum atomic E-state index is 13.2. The van der Waals surface area contributed by atoms with Crippen molar-refractivity contribution in [2.45, 2.75) is 18.2 Å². The molecular formula is C13H18FN3O3S. The zero-order valence-corrected chi connectivity index (χ0v) is 12.7. The number of amides is 1. The summed E-state index contributed by atoms with van der Waals surface area (Å²) < 4.78 is 39.4. The van der Waals surface area contributed by atoms with E-state index in [2.05, 4.69) is 5.32 Å². The van der Waals surface area contributed by atoms with Gasteiger partial charge in [-0.05, 0) is 31.5 Å². The normalized spacial score (nSPS) is 23.2. The molecule has 0 aromatic heterocycles. The lowest BCUT2D eigenvalue weighted by Crippen LogP contribution is -2.40. The van der Waals surface area contributed by atoms with Gasteiger partial charge in [0.1, 0.15) is 5.82 Å². The smallest absolute Gasteiger partial charge is 0.243 e. The average Bonchev–Trinajstić information content (AvgIpc) is 2.85. The first-order chi connectivity index (χ1) is 9.70. The summed E-state index contributed by atoms with van der Waals surface area (Å²) in [4.78, 5) is 11.8. The molecule has 0 saturated carbocycles. The number of halogens is 1. The Labute approximate surface area is 123 Å². The molecule has 3 N–H and O–H groups in total. The first kappa shape index (κ1) is 15.7. The van der Waals surface area contributed by atoms with Crippen LogP contribution >= 0.6 is 0 Å². The lowest BCUT2D eigenvalue weighted by molar-refractivity contribution is -0.128. The van der Waals surface area contributed by atoms with Crippen molar-refractivity contribution in [3.05, 3.63) is 24.0 Å². The highest BCUT2D eigenvalue weighted by atomic mass is 32.2. The fraction of sp³-hybridized carbons (Fsp3) is 0.462. The van der Waals surface area contributed by atoms with Gasteiger partial charge in [0.05, 0.1) is 16.0 Å². The molecule has 1 amide bonds. The maximum absolute atomic E-state index is 13.2. The van der Waals surface area contributed by atoms with E-state index in [1.807, 2.05) is 0 Å². The van der Waals surface area contributed by atoms with Gasteiger partial charge in [0.2, 0.25) is 15.9 Å². The molecule has 1 aliphatic rings. The van der Waals surface area contributed by atoms with Gasteiger partial charge in [-0.15, -0.1) is 0 Å². The molecule has 6 nitrogen and oxygen atoms in total. The number of anilines is 1. The zero-order valence-electron chi connectivity index (χ0n) is 11.9. The second-order valence-electron chi connectivity index (χ2n) is 5.41. The van der Waals surface area contributed by atoms with Gasteiger partial charge < -0.3 is 11.1 Å². The Kier molecular flexibility index (Phi) is 3.94. The summed E-state index contributed by atoms with van der Waals surface area (Å²) >= 11 is 0. The molecule has 1 fully saturated rings. The molecular weight excluding hydrogens is 297 g/mol. The van der Waals surface area contributed by atoms with E-state index in [4.69, 9.17) is 5.73 Å². The van der Waals surface area contributed by atoms with Crippen LogP contribution in [0.3, 0.4) is 0 Å². The molecule has 1 aromatic carbocycles. The number of sulfonamides is 1. The Morgan fingerprint density at radius 1 is 1.48 bits per heavy atom. The minimum Gasteiger partial charge on any atom is -0.396 e. The fourth-order valence-corrected chi connectivity index (χ4v) is 4.04. The molecule has 1 atom stereocenters. The minimum absolute atomic E-state index is 0.0671. The van der Waals surface area contributed by atoms with Gasteiger partial charge in [-0.3, -0.25) is 4.79 Å². The summed E-state index contributed by atoms with van der Waals surface area (Å²) in [5, 5.41) is 2.55. The third-order valence-corrected chi connectivity index (χ3v) is 5.66. The first-order valence-corrected chi connectivity index (χ1v) is 7.92. The van der Waals surface area contributed by atoms with E-state index in [1.54, 1.807) is 6.92 Å². The van der Waals surface area contributed by atoms with Crippen molar-refractivity contribution in [1.29, 1.82) is 0 Å². The summed E-state index contributed by atoms with van der Waals surface area (Å²) in [7, 11) is -2.26. The van der Waals surface area contributed by atoms with Crippen molar-refractivity contribution in [3.63, 3.8) is 0 Å². The molecule has 2 rings (SSSR count). The molecule has 1 saturated heterocycles. The van der Waals surface area contributed by atoms with Gasteiger partial charge in [-0.25, -0.2) is 12.8 Å². The van der Waals surface area contributed by atoms with E-state index in [9.17, 15) is 17.6 Å². The molecule has 1 aromatic rings. The number of nitrogens with two attached hydrogens (primary N) is 1. The van der Waals surface area contributed by atoms with Gasteiger partial charge in [0.25, 0.3) is 0 Å². The van der Waals surface area contributed by atoms with Gasteiger partial charge in [0, 0.05) is 20.1 Å². The number of rotatable bonds is 3. The van der Waals surface area contributed by atoms with Gasteiger partial charge in [-0.2, -0.15) is 4.31 Å². The summed E-state index contributed by atoms with van der Waals surface area (Å²) in [5.41, 5.74) is 4.44. The molecule has 21 heavy (non-hydrogen) atoms. The maximum Gasteiger partial charge on any atom is 0.243 e. The van der Waals surface area contributed by atoms with Gasteiger partial charge in [0.15, 0.2) is 0 Å². The van der Waals surface area contributed by atoms with E-state index in [1.165, 1.54) is 17.4 Å². The summed E-state index contributed by atoms with van der Waals surface area (Å²) in [5.74, 6) is -0.857. The highest BCUT2D eigenvalue weighted by molar-refractivity contribution is 7.89. The number of nitrogen functional groups attached to an aromatic ring is 1. The van der Waals surface area contributed by atoms with Crippen LogP contribution in [0.2, 0.25) is 0 Å². The van der Waals surface area contributed by atoms with Crippen molar-refractivity contribution < 1.29 is 17.6 Å². The van der Waals surface area contributed by atoms with Crippen LogP contribution in [0.4, 0.5) is 10.1 Å². The summed E-state index contributed by atoms with van der Waals surface area (Å²) in [6, 6.07) is 3.30. The van der Waals surface area contributed by atoms with E-state index in [0.717, 1.165) is 12.1 Å². The van der Waals surface area contributed by atoms with Crippen LogP contribution < -0.4 is 11.1 Å². The minimum atomic E-state index is -3.78. The number of hydrogen-bond donors (Lipinski definition) is 2. The van der Waals surface area contributed by atoms with Gasteiger partial charge >= 0.3 is 0 Å². The summed E-state index contributed by atoms with van der Waals surface area (Å²) in [6.45, 7) is 2.05. The van der Waals surface area contributed by atoms with Crippen LogP contribution in [0.15, 0.2) is 23.1 Å². The molecule has 8 heteroatoms. The van der Waals surface area contributed by atoms with Crippen LogP contribution in [0.1, 0.15) is 13.3 Å². The first-order valence-electron chi connectivity index (χ1n) is 6.48. The number of benzene rings is 1. The lowest BCUT2D eigenvalue weighted by atomic mass is 9.89. The van der Waals surface area contributed by atoms with Gasteiger partial charge in [-0.1, -0.05) is 0 Å². The van der Waals surface area contributed by atoms with Crippen LogP contribution in [-0.4, -0.2) is 38.8 Å². The third kappa shape index (κ3) is 2.73. The molecule has 0 bridgehead atoms. The van der Waals surface area contributed by atoms with Crippen molar-refractivity contribution in [1.82, 2.24) is 9.62 Å². The fourth-order valence-electron chi connectivity index (χ4n) is 2.44. The van der Waals surface area contributed by atoms with Crippen molar-refractivity contribution in [2.24, 2.45) is 5.41 Å². The topological polar surface area (TPSA) is 92.5 Å². The summed E-state index contributed by atoms with van der Waals surface area (Å²) in [6.07, 6.45) is 0.433. The molecule has 0 aliphatic carbocycles. The van der Waals surface area contributed by atoms with Crippen LogP contribution in [0.25, 0.3) is 0 Å². The molecule has 0 spiro atoms. The number of hydrogen-bond acceptors (Lipinski definition) is 4. The Balaban J connectivity index is 2.30. The molecule has 1 unspecified atom stereocenters. The third-order valence-electron chi connectivity index (χ3n) is 3.82. The SMILES string of the molecule is CNC(=O)C1(C)CCN(S(=O)(=O)c2ccc(F)c(N)c2)C1. The highest BCUT2D eigenvalue weighted by Crippen LogP contribution is 2.34. The highest BCUT2D eigenvalue weighted by Gasteiger charge is 2.44. The predicted octanol–water partition coefficient (Wildman–Crippen LogP) is 0.555. The molecule has 116 valence electrons. The Hall–Kier alpha value is -1.67. The Morgan fingerprint density at radius 2 is 2.14 bits per heavy atom. The predicted molar refractivity (Wildman–Crippen MR) is 76.4 cm³/mol. The molecule has 1 aliphatic heterocycles. The second-order valence-corrected chi connectivity index (χ2v) is 7.35. The van der Waals surface area contributed by atoms with Crippen LogP contribution in [0.5, 0.6) is 0 Å². The standard InChI is InChI=1S/C13H18FN3O3S/c1-13(12(18)16-2)5-6-17(8-13)21(19,20)9-3-4-10(14)11(15)7-9/h3-4,7H,5-6,8,15H2,1-2H3,(H,16,18). The largest absolute Gasteiger partial charge is 0.396 e. The molecule has 1 heterocycles. The quantitative estimate of drug-likeness (QED) is 0.797. The van der Waals surface area contributed by atoms with Crippen LogP contribution in [0, 0.1) is 11.2 Å². The lowest BCUT2D eigenvalue weighted by Gasteiger charge is -2.22. The van der Waals surface area contributed by atoms with Crippen molar-refractivity contribution >= 4 is 21.6 Å². The zero-order chi connectivity index (χ0) is 15.8. The number of nitrogens with zero attached hydrogens (tertiary/aromatic N) is 1. The van der Waals surface area contributed by atoms with Crippen molar-refractivity contribution in [3.8, 4) is 0 Å². The Morgan fingerprint density at radius 3 is 2.71 bits per heavy atom. The van der Waals surface area contributed by atoms with Crippen molar-refractivity contribution in [2.75, 3.05) is 25.9 Å². The van der Waals surface area contributed by atoms with Crippen LogP contribution in [-0.2, 0) is 14.8 Å². The van der Waals surface area contributed by atoms with E-state index in [-0.39, 0.29) is 29.6 Å². The monoisotopic (exact) mass is 315 g/mol. The number of carbonyl (C=O) groups is 1. The average molecular weight is 315 g/mol. The Bertz CT molecular complexity index is 677. The second kappa shape index (κ2) is 5.27.